The highest BCUT2D eigenvalue weighted by molar-refractivity contribution is 7.78. The van der Waals surface area contributed by atoms with E-state index in [2.05, 4.69) is 4.72 Å². The Balaban J connectivity index is 1.81. The molecule has 0 aromatic heterocycles. The van der Waals surface area contributed by atoms with Crippen molar-refractivity contribution in [1.29, 1.82) is 0 Å². The number of fused-ring (bicyclic) bond motifs is 1. The molecule has 0 saturated carbocycles. The van der Waals surface area contributed by atoms with Crippen LogP contribution in [0.4, 0.5) is 4.79 Å². The van der Waals surface area contributed by atoms with Crippen molar-refractivity contribution >= 4 is 17.4 Å². The molecule has 0 saturated heterocycles. The quantitative estimate of drug-likeness (QED) is 0.929. The van der Waals surface area contributed by atoms with Gasteiger partial charge in [-0.2, -0.15) is 0 Å². The second kappa shape index (κ2) is 5.93. The highest BCUT2D eigenvalue weighted by Crippen LogP contribution is 2.24. The van der Waals surface area contributed by atoms with Gasteiger partial charge in [0.05, 0.1) is 6.10 Å². The lowest BCUT2D eigenvalue weighted by atomic mass is 10.1. The fourth-order valence-corrected chi connectivity index (χ4v) is 2.71. The van der Waals surface area contributed by atoms with Gasteiger partial charge in [0.15, 0.2) is 0 Å². The van der Waals surface area contributed by atoms with Gasteiger partial charge in [-0.05, 0) is 31.9 Å². The van der Waals surface area contributed by atoms with Crippen molar-refractivity contribution < 1.29 is 17.9 Å². The van der Waals surface area contributed by atoms with Crippen molar-refractivity contribution in [1.82, 2.24) is 4.72 Å². The lowest BCUT2D eigenvalue weighted by molar-refractivity contribution is 0.0565. The normalized spacial score (nSPS) is 16.6. The predicted molar refractivity (Wildman–Crippen MR) is 76.2 cm³/mol. The van der Waals surface area contributed by atoms with Gasteiger partial charge < -0.3 is 4.74 Å². The standard InChI is InChI=1S/C14H19NO4S/c1-14(2,3)18-13(16)15-20(17)19-12-8-10-6-4-5-7-11(10)9-12/h4-7,12H,8-9H2,1-3H3,(H,15,16). The van der Waals surface area contributed by atoms with Gasteiger partial charge in [0.25, 0.3) is 11.3 Å². The van der Waals surface area contributed by atoms with Gasteiger partial charge in [-0.1, -0.05) is 24.3 Å². The zero-order chi connectivity index (χ0) is 14.8. The van der Waals surface area contributed by atoms with Gasteiger partial charge in [0.1, 0.15) is 5.60 Å². The summed E-state index contributed by atoms with van der Waals surface area (Å²) in [5.74, 6) is 0. The van der Waals surface area contributed by atoms with Crippen LogP contribution < -0.4 is 4.72 Å². The van der Waals surface area contributed by atoms with Crippen LogP contribution in [0.25, 0.3) is 0 Å². The van der Waals surface area contributed by atoms with Gasteiger partial charge in [0, 0.05) is 12.8 Å². The second-order valence-corrected chi connectivity index (χ2v) is 6.60. The highest BCUT2D eigenvalue weighted by atomic mass is 32.2. The van der Waals surface area contributed by atoms with E-state index >= 15 is 0 Å². The van der Waals surface area contributed by atoms with Crippen LogP contribution in [0.15, 0.2) is 24.3 Å². The van der Waals surface area contributed by atoms with E-state index in [1.54, 1.807) is 20.8 Å². The van der Waals surface area contributed by atoms with Crippen LogP contribution in [0, 0.1) is 0 Å². The Morgan fingerprint density at radius 1 is 1.25 bits per heavy atom. The monoisotopic (exact) mass is 297 g/mol. The van der Waals surface area contributed by atoms with Crippen LogP contribution in [0.5, 0.6) is 0 Å². The summed E-state index contributed by atoms with van der Waals surface area (Å²) in [5.41, 5.74) is 1.77. The first kappa shape index (κ1) is 15.0. The second-order valence-electron chi connectivity index (χ2n) is 5.73. The summed E-state index contributed by atoms with van der Waals surface area (Å²) in [6, 6.07) is 8.00. The summed E-state index contributed by atoms with van der Waals surface area (Å²) in [6.07, 6.45) is 0.491. The van der Waals surface area contributed by atoms with Crippen LogP contribution >= 0.6 is 0 Å². The van der Waals surface area contributed by atoms with E-state index in [0.717, 1.165) is 0 Å². The fourth-order valence-electron chi connectivity index (χ4n) is 2.10. The molecule has 1 aliphatic rings. The van der Waals surface area contributed by atoms with Crippen LogP contribution in [-0.4, -0.2) is 22.0 Å². The number of hydrogen-bond donors (Lipinski definition) is 1. The smallest absolute Gasteiger partial charge is 0.421 e. The minimum Gasteiger partial charge on any atom is -0.443 e. The number of hydrogen-bond acceptors (Lipinski definition) is 4. The maximum Gasteiger partial charge on any atom is 0.421 e. The number of amides is 1. The molecule has 1 atom stereocenters. The summed E-state index contributed by atoms with van der Waals surface area (Å²) in [7, 11) is 0. The fraction of sp³-hybridized carbons (Fsp3) is 0.500. The Kier molecular flexibility index (Phi) is 4.45. The molecule has 0 spiro atoms. The molecular formula is C14H19NO4S. The van der Waals surface area contributed by atoms with Crippen molar-refractivity contribution in [3.05, 3.63) is 35.4 Å². The molecule has 20 heavy (non-hydrogen) atoms. The molecule has 0 radical (unpaired) electrons. The number of carbonyl (C=O) groups is 1. The highest BCUT2D eigenvalue weighted by Gasteiger charge is 2.25. The van der Waals surface area contributed by atoms with Crippen LogP contribution in [0.2, 0.25) is 0 Å². The van der Waals surface area contributed by atoms with Gasteiger partial charge in [-0.25, -0.2) is 13.7 Å². The molecule has 110 valence electrons. The summed E-state index contributed by atoms with van der Waals surface area (Å²) < 4.78 is 24.3. The molecule has 1 unspecified atom stereocenters. The molecule has 1 amide bonds. The molecule has 0 bridgehead atoms. The molecular weight excluding hydrogens is 278 g/mol. The van der Waals surface area contributed by atoms with E-state index in [4.69, 9.17) is 8.92 Å². The molecule has 1 N–H and O–H groups in total. The number of rotatable bonds is 3. The first-order valence-corrected chi connectivity index (χ1v) is 7.56. The number of carbonyl (C=O) groups excluding carboxylic acids is 1. The summed E-state index contributed by atoms with van der Waals surface area (Å²) in [4.78, 5) is 11.5. The topological polar surface area (TPSA) is 64.6 Å². The van der Waals surface area contributed by atoms with E-state index in [0.29, 0.717) is 12.8 Å². The third kappa shape index (κ3) is 4.31. The molecule has 0 aliphatic heterocycles. The lowest BCUT2D eigenvalue weighted by Crippen LogP contribution is -2.35. The number of ether oxygens (including phenoxy) is 1. The molecule has 5 nitrogen and oxygen atoms in total. The van der Waals surface area contributed by atoms with Crippen LogP contribution in [-0.2, 0) is 33.0 Å². The Morgan fingerprint density at radius 2 is 1.80 bits per heavy atom. The molecule has 1 aliphatic carbocycles. The third-order valence-corrected chi connectivity index (χ3v) is 3.58. The molecule has 0 heterocycles. The average Bonchev–Trinajstić information content (AvgIpc) is 2.67. The maximum absolute atomic E-state index is 11.7. The van der Waals surface area contributed by atoms with E-state index in [9.17, 15) is 9.00 Å². The third-order valence-electron chi connectivity index (χ3n) is 2.80. The van der Waals surface area contributed by atoms with Gasteiger partial charge in [-0.3, -0.25) is 4.18 Å². The maximum atomic E-state index is 11.7. The van der Waals surface area contributed by atoms with Crippen molar-refractivity contribution in [2.75, 3.05) is 0 Å². The van der Waals surface area contributed by atoms with Gasteiger partial charge in [0.2, 0.25) is 0 Å². The largest absolute Gasteiger partial charge is 0.443 e. The van der Waals surface area contributed by atoms with Crippen molar-refractivity contribution in [2.24, 2.45) is 0 Å². The number of nitrogens with one attached hydrogen (secondary N) is 1. The zero-order valence-corrected chi connectivity index (χ0v) is 12.7. The average molecular weight is 297 g/mol. The number of benzene rings is 1. The Morgan fingerprint density at radius 3 is 2.30 bits per heavy atom. The van der Waals surface area contributed by atoms with E-state index in [-0.39, 0.29) is 6.10 Å². The van der Waals surface area contributed by atoms with Crippen LogP contribution in [0.3, 0.4) is 0 Å². The van der Waals surface area contributed by atoms with Crippen molar-refractivity contribution in [3.63, 3.8) is 0 Å². The Hall–Kier alpha value is -1.40. The zero-order valence-electron chi connectivity index (χ0n) is 11.8. The lowest BCUT2D eigenvalue weighted by Gasteiger charge is -2.19. The Bertz CT molecular complexity index is 499. The minimum atomic E-state index is -1.89. The molecule has 1 aromatic carbocycles. The predicted octanol–water partition coefficient (Wildman–Crippen LogP) is 2.27. The van der Waals surface area contributed by atoms with E-state index in [1.807, 2.05) is 24.3 Å². The Labute approximate surface area is 121 Å². The minimum absolute atomic E-state index is 0.178. The van der Waals surface area contributed by atoms with Gasteiger partial charge in [-0.15, -0.1) is 0 Å². The van der Waals surface area contributed by atoms with Crippen molar-refractivity contribution in [3.8, 4) is 0 Å². The van der Waals surface area contributed by atoms with Crippen LogP contribution in [0.1, 0.15) is 31.9 Å². The first-order valence-electron chi connectivity index (χ1n) is 6.49. The molecule has 6 heteroatoms. The summed E-state index contributed by atoms with van der Waals surface area (Å²) in [5, 5.41) is 0. The first-order chi connectivity index (χ1) is 9.33. The summed E-state index contributed by atoms with van der Waals surface area (Å²) >= 11 is -1.89. The summed E-state index contributed by atoms with van der Waals surface area (Å²) in [6.45, 7) is 5.22. The van der Waals surface area contributed by atoms with E-state index in [1.165, 1.54) is 11.1 Å². The molecule has 2 rings (SSSR count). The molecule has 0 fully saturated rings. The molecule has 1 aromatic rings. The van der Waals surface area contributed by atoms with E-state index < -0.39 is 23.0 Å². The van der Waals surface area contributed by atoms with Gasteiger partial charge >= 0.3 is 6.09 Å². The van der Waals surface area contributed by atoms with Crippen molar-refractivity contribution in [2.45, 2.75) is 45.3 Å². The SMILES string of the molecule is CC(C)(C)OC(=O)NS(=O)OC1Cc2ccccc2C1.